The Balaban J connectivity index is 1.52. The van der Waals surface area contributed by atoms with Crippen LogP contribution in [0.4, 0.5) is 20.8 Å². The van der Waals surface area contributed by atoms with Gasteiger partial charge in [0.15, 0.2) is 0 Å². The number of aromatic nitrogens is 3. The summed E-state index contributed by atoms with van der Waals surface area (Å²) < 4.78 is 25.9. The predicted molar refractivity (Wildman–Crippen MR) is 139 cm³/mol. The van der Waals surface area contributed by atoms with Crippen LogP contribution in [0.3, 0.4) is 0 Å². The minimum absolute atomic E-state index is 0.0114. The van der Waals surface area contributed by atoms with Crippen molar-refractivity contribution in [3.8, 4) is 22.2 Å². The zero-order valence-corrected chi connectivity index (χ0v) is 22.0. The largest absolute Gasteiger partial charge is 0.444 e. The summed E-state index contributed by atoms with van der Waals surface area (Å²) in [7, 11) is 0. The van der Waals surface area contributed by atoms with Crippen LogP contribution in [0.2, 0.25) is 5.02 Å². The Labute approximate surface area is 217 Å². The second-order valence-electron chi connectivity index (χ2n) is 9.48. The molecule has 1 fully saturated rings. The number of halogens is 2. The third kappa shape index (κ3) is 6.52. The Morgan fingerprint density at radius 1 is 1.28 bits per heavy atom. The number of piperidine rings is 1. The Hall–Kier alpha value is -3.18. The van der Waals surface area contributed by atoms with Crippen LogP contribution in [0.25, 0.3) is 10.6 Å². The van der Waals surface area contributed by atoms with E-state index in [1.54, 1.807) is 51.2 Å². The van der Waals surface area contributed by atoms with Crippen molar-refractivity contribution in [2.24, 2.45) is 0 Å². The maximum atomic E-state index is 14.5. The molecule has 0 saturated carbocycles. The number of amides is 1. The van der Waals surface area contributed by atoms with E-state index in [0.29, 0.717) is 38.9 Å². The molecule has 3 aromatic rings. The molecule has 36 heavy (non-hydrogen) atoms. The third-order valence-electron chi connectivity index (χ3n) is 5.14. The van der Waals surface area contributed by atoms with Gasteiger partial charge in [-0.15, -0.1) is 11.3 Å². The van der Waals surface area contributed by atoms with Gasteiger partial charge >= 0.3 is 6.09 Å². The number of nitrogens with one attached hydrogen (secondary N) is 1. The number of rotatable bonds is 5. The molecule has 2 atom stereocenters. The number of hydrogen-bond donors (Lipinski definition) is 2. The molecule has 3 heterocycles. The molecule has 1 aromatic carbocycles. The van der Waals surface area contributed by atoms with Gasteiger partial charge in [-0.2, -0.15) is 0 Å². The lowest BCUT2D eigenvalue weighted by Crippen LogP contribution is -2.51. The van der Waals surface area contributed by atoms with Crippen LogP contribution >= 0.6 is 22.9 Å². The number of ether oxygens (including phenoxy) is 2. The van der Waals surface area contributed by atoms with Crippen LogP contribution in [0.5, 0.6) is 11.6 Å². The molecule has 192 valence electrons. The summed E-state index contributed by atoms with van der Waals surface area (Å²) in [6.07, 6.45) is 0.0767. The maximum Gasteiger partial charge on any atom is 0.410 e. The van der Waals surface area contributed by atoms with E-state index in [-0.39, 0.29) is 25.6 Å². The molecule has 0 aliphatic carbocycles. The zero-order chi connectivity index (χ0) is 26.0. The number of anilines is 2. The fourth-order valence-corrected chi connectivity index (χ4v) is 4.74. The second-order valence-corrected chi connectivity index (χ2v) is 11.1. The number of nitrogen functional groups attached to an aromatic ring is 1. The number of aryl methyl sites for hydroxylation is 1. The van der Waals surface area contributed by atoms with Gasteiger partial charge in [0.25, 0.3) is 0 Å². The molecule has 1 saturated heterocycles. The van der Waals surface area contributed by atoms with Crippen LogP contribution in [-0.4, -0.2) is 56.8 Å². The molecule has 1 aliphatic rings. The molecule has 4 rings (SSSR count). The number of likely N-dealkylation sites (tertiary alicyclic amines) is 1. The molecule has 12 heteroatoms. The van der Waals surface area contributed by atoms with Gasteiger partial charge in [0.1, 0.15) is 22.4 Å². The number of nitrogens with zero attached hydrogens (tertiary/aromatic N) is 4. The second kappa shape index (κ2) is 10.4. The summed E-state index contributed by atoms with van der Waals surface area (Å²) in [5.41, 5.74) is 6.21. The minimum Gasteiger partial charge on any atom is -0.444 e. The summed E-state index contributed by atoms with van der Waals surface area (Å²) >= 11 is 7.68. The normalized spacial score (nSPS) is 18.1. The summed E-state index contributed by atoms with van der Waals surface area (Å²) in [6.45, 7) is 7.45. The lowest BCUT2D eigenvalue weighted by atomic mass is 10.0. The average molecular weight is 535 g/mol. The van der Waals surface area contributed by atoms with E-state index < -0.39 is 17.9 Å². The van der Waals surface area contributed by atoms with E-state index in [9.17, 15) is 9.18 Å². The van der Waals surface area contributed by atoms with Crippen LogP contribution in [0, 0.1) is 6.92 Å². The van der Waals surface area contributed by atoms with Gasteiger partial charge in [-0.3, -0.25) is 0 Å². The van der Waals surface area contributed by atoms with Crippen molar-refractivity contribution in [1.29, 1.82) is 0 Å². The number of benzene rings is 1. The van der Waals surface area contributed by atoms with Crippen molar-refractivity contribution < 1.29 is 18.7 Å². The first-order valence-corrected chi connectivity index (χ1v) is 12.6. The quantitative estimate of drug-likeness (QED) is 0.401. The first-order valence-electron chi connectivity index (χ1n) is 11.4. The van der Waals surface area contributed by atoms with E-state index >= 15 is 0 Å². The van der Waals surface area contributed by atoms with E-state index in [2.05, 4.69) is 20.3 Å². The molecular formula is C24H28ClFN6O3S. The summed E-state index contributed by atoms with van der Waals surface area (Å²) in [4.78, 5) is 27.9. The van der Waals surface area contributed by atoms with Crippen LogP contribution in [0.1, 0.15) is 32.2 Å². The number of hydrogen-bond acceptors (Lipinski definition) is 9. The highest BCUT2D eigenvalue weighted by Gasteiger charge is 2.33. The monoisotopic (exact) mass is 534 g/mol. The number of alkyl halides is 1. The molecule has 1 amide bonds. The highest BCUT2D eigenvalue weighted by Crippen LogP contribution is 2.39. The lowest BCUT2D eigenvalue weighted by molar-refractivity contribution is 0.0124. The number of carbonyl (C=O) groups excluding carboxylic acids is 1. The summed E-state index contributed by atoms with van der Waals surface area (Å²) in [6, 6.07) is 6.32. The minimum atomic E-state index is -1.19. The number of thiazole rings is 1. The fourth-order valence-electron chi connectivity index (χ4n) is 3.70. The molecular weight excluding hydrogens is 507 g/mol. The van der Waals surface area contributed by atoms with E-state index in [4.69, 9.17) is 26.8 Å². The summed E-state index contributed by atoms with van der Waals surface area (Å²) in [5, 5.41) is 4.30. The van der Waals surface area contributed by atoms with Crippen LogP contribution in [-0.2, 0) is 4.74 Å². The van der Waals surface area contributed by atoms with Crippen LogP contribution in [0.15, 0.2) is 30.5 Å². The molecule has 1 aliphatic heterocycles. The third-order valence-corrected chi connectivity index (χ3v) is 6.41. The molecule has 0 unspecified atom stereocenters. The molecule has 3 N–H and O–H groups in total. The highest BCUT2D eigenvalue weighted by atomic mass is 35.5. The maximum absolute atomic E-state index is 14.5. The van der Waals surface area contributed by atoms with Crippen molar-refractivity contribution in [2.45, 2.75) is 51.9 Å². The Morgan fingerprint density at radius 2 is 2.06 bits per heavy atom. The van der Waals surface area contributed by atoms with Gasteiger partial charge in [0.05, 0.1) is 22.3 Å². The first-order chi connectivity index (χ1) is 17.0. The van der Waals surface area contributed by atoms with Gasteiger partial charge < -0.3 is 25.4 Å². The molecule has 0 radical (unpaired) electrons. The standard InChI is InChI=1S/C24H28ClFN6O3S/c1-13-29-21(34-19-6-5-15(27)10-17(19)25)20(36-13)18-7-8-28-22(31-18)30-16-9-14(26)11-32(12-16)23(33)35-24(2,3)4/h5-8,10,14,16H,9,11-12,27H2,1-4H3,(H,28,30,31)/t14-,16-/m0/s1. The number of carbonyl (C=O) groups is 1. The zero-order valence-electron chi connectivity index (χ0n) is 20.4. The van der Waals surface area contributed by atoms with Crippen molar-refractivity contribution in [3.05, 3.63) is 40.5 Å². The Morgan fingerprint density at radius 3 is 2.78 bits per heavy atom. The highest BCUT2D eigenvalue weighted by molar-refractivity contribution is 7.15. The van der Waals surface area contributed by atoms with Gasteiger partial charge in [-0.25, -0.2) is 24.1 Å². The average Bonchev–Trinajstić information content (AvgIpc) is 3.14. The van der Waals surface area contributed by atoms with Crippen molar-refractivity contribution in [2.75, 3.05) is 24.1 Å². The van der Waals surface area contributed by atoms with Crippen LogP contribution < -0.4 is 15.8 Å². The SMILES string of the molecule is Cc1nc(Oc2ccc(N)cc2Cl)c(-c2ccnc(N[C@H]3C[C@H](F)CN(C(=O)OC(C)(C)C)C3)n2)s1. The lowest BCUT2D eigenvalue weighted by Gasteiger charge is -2.36. The van der Waals surface area contributed by atoms with E-state index in [1.165, 1.54) is 16.2 Å². The van der Waals surface area contributed by atoms with Crippen molar-refractivity contribution in [1.82, 2.24) is 19.9 Å². The first kappa shape index (κ1) is 25.9. The van der Waals surface area contributed by atoms with Crippen molar-refractivity contribution in [3.63, 3.8) is 0 Å². The van der Waals surface area contributed by atoms with Gasteiger partial charge in [0, 0.05) is 30.9 Å². The molecule has 2 aromatic heterocycles. The smallest absolute Gasteiger partial charge is 0.410 e. The molecule has 0 bridgehead atoms. The van der Waals surface area contributed by atoms with Gasteiger partial charge in [0.2, 0.25) is 11.8 Å². The number of nitrogens with two attached hydrogens (primary N) is 1. The van der Waals surface area contributed by atoms with E-state index in [1.807, 2.05) is 6.92 Å². The Bertz CT molecular complexity index is 1250. The van der Waals surface area contributed by atoms with E-state index in [0.717, 1.165) is 5.01 Å². The predicted octanol–water partition coefficient (Wildman–Crippen LogP) is 5.70. The fraction of sp³-hybridized carbons (Fsp3) is 0.417. The Kier molecular flexibility index (Phi) is 7.51. The van der Waals surface area contributed by atoms with Crippen molar-refractivity contribution >= 4 is 40.7 Å². The van der Waals surface area contributed by atoms with Gasteiger partial charge in [-0.1, -0.05) is 11.6 Å². The molecule has 9 nitrogen and oxygen atoms in total. The summed E-state index contributed by atoms with van der Waals surface area (Å²) in [5.74, 6) is 1.08. The topological polar surface area (TPSA) is 115 Å². The molecule has 0 spiro atoms. The van der Waals surface area contributed by atoms with Gasteiger partial charge in [-0.05, 0) is 52.0 Å².